The van der Waals surface area contributed by atoms with Crippen LogP contribution in [0.3, 0.4) is 0 Å². The van der Waals surface area contributed by atoms with E-state index in [1.807, 2.05) is 44.7 Å². The molecule has 1 aromatic rings. The third-order valence-corrected chi connectivity index (χ3v) is 13.2. The molecule has 0 spiro atoms. The van der Waals surface area contributed by atoms with Crippen LogP contribution < -0.4 is 0 Å². The second-order valence-corrected chi connectivity index (χ2v) is 15.8. The maximum Gasteiger partial charge on any atom is 0.226 e. The number of ketones is 2. The molecule has 0 saturated heterocycles. The van der Waals surface area contributed by atoms with Crippen molar-refractivity contribution in [1.82, 2.24) is 9.55 Å². The number of allylic oxidation sites excluding steroid dienone is 5. The van der Waals surface area contributed by atoms with Gasteiger partial charge in [-0.15, -0.1) is 0 Å². The Kier molecular flexibility index (Phi) is 5.61. The fourth-order valence-corrected chi connectivity index (χ4v) is 10.8. The Labute approximate surface area is 240 Å². The second kappa shape index (κ2) is 8.17. The lowest BCUT2D eigenvalue weighted by Gasteiger charge is -2.69. The summed E-state index contributed by atoms with van der Waals surface area (Å²) in [7, 11) is 0. The lowest BCUT2D eigenvalue weighted by Crippen LogP contribution is -2.65. The summed E-state index contributed by atoms with van der Waals surface area (Å²) in [5.41, 5.74) is 0.996. The maximum absolute atomic E-state index is 14.7. The van der Waals surface area contributed by atoms with Gasteiger partial charge in [-0.05, 0) is 79.1 Å². The van der Waals surface area contributed by atoms with Crippen molar-refractivity contribution >= 4 is 17.3 Å². The van der Waals surface area contributed by atoms with E-state index in [2.05, 4.69) is 55.6 Å². The molecule has 3 saturated carbocycles. The summed E-state index contributed by atoms with van der Waals surface area (Å²) in [5.74, 6) is 0.385. The fraction of sp³-hybridized carbons (Fsp3) is 0.657. The predicted molar refractivity (Wildman–Crippen MR) is 157 cm³/mol. The summed E-state index contributed by atoms with van der Waals surface area (Å²) >= 11 is 0. The minimum absolute atomic E-state index is 0.0506. The zero-order chi connectivity index (χ0) is 29.1. The molecule has 2 unspecified atom stereocenters. The molecule has 5 nitrogen and oxygen atoms in total. The molecule has 5 aliphatic rings. The van der Waals surface area contributed by atoms with Gasteiger partial charge >= 0.3 is 0 Å². The number of aromatic nitrogens is 2. The Morgan fingerprint density at radius 3 is 2.40 bits per heavy atom. The average Bonchev–Trinajstić information content (AvgIpc) is 3.42. The minimum Gasteiger partial charge on any atom is -0.310 e. The zero-order valence-electron chi connectivity index (χ0n) is 25.4. The van der Waals surface area contributed by atoms with E-state index in [-0.39, 0.29) is 56.7 Å². The van der Waals surface area contributed by atoms with Crippen LogP contribution in [0.1, 0.15) is 93.4 Å². The number of rotatable bonds is 2. The van der Waals surface area contributed by atoms with Gasteiger partial charge in [-0.1, -0.05) is 66.7 Å². The molecule has 40 heavy (non-hydrogen) atoms. The molecule has 7 atom stereocenters. The molecule has 0 aromatic carbocycles. The third kappa shape index (κ3) is 3.23. The Morgan fingerprint density at radius 2 is 1.75 bits per heavy atom. The maximum atomic E-state index is 14.7. The van der Waals surface area contributed by atoms with E-state index < -0.39 is 10.8 Å². The van der Waals surface area contributed by atoms with Crippen LogP contribution in [0.5, 0.6) is 0 Å². The van der Waals surface area contributed by atoms with Gasteiger partial charge in [0.2, 0.25) is 5.70 Å². The van der Waals surface area contributed by atoms with Crippen molar-refractivity contribution in [2.45, 2.75) is 93.4 Å². The fourth-order valence-electron chi connectivity index (χ4n) is 10.8. The molecular weight excluding hydrogens is 494 g/mol. The van der Waals surface area contributed by atoms with Crippen LogP contribution >= 0.6 is 0 Å². The van der Waals surface area contributed by atoms with E-state index in [4.69, 9.17) is 6.57 Å². The van der Waals surface area contributed by atoms with Crippen LogP contribution in [-0.4, -0.2) is 21.1 Å². The highest BCUT2D eigenvalue weighted by atomic mass is 16.1. The van der Waals surface area contributed by atoms with Gasteiger partial charge < -0.3 is 9.36 Å². The SMILES string of the molecule is [C-]#[N+]C1=C[C@]2(C)C3=CC(=O)C4C5CC(C)(C)CC[C@]5(C(=C)n5ccnc5)CC[C@@]4(C)[C@]3(C)CC[C@H]2C(C)(C)C1=O. The van der Waals surface area contributed by atoms with E-state index in [0.717, 1.165) is 56.2 Å². The van der Waals surface area contributed by atoms with Gasteiger partial charge in [0.05, 0.1) is 12.9 Å². The van der Waals surface area contributed by atoms with Crippen molar-refractivity contribution in [1.29, 1.82) is 0 Å². The van der Waals surface area contributed by atoms with E-state index >= 15 is 0 Å². The van der Waals surface area contributed by atoms with Crippen molar-refractivity contribution in [2.24, 2.45) is 50.2 Å². The topological polar surface area (TPSA) is 56.3 Å². The average molecular weight is 540 g/mol. The number of carbonyl (C=O) groups excluding carboxylic acids is 2. The second-order valence-electron chi connectivity index (χ2n) is 15.8. The molecule has 0 radical (unpaired) electrons. The highest BCUT2D eigenvalue weighted by Crippen LogP contribution is 2.75. The monoisotopic (exact) mass is 539 g/mol. The predicted octanol–water partition coefficient (Wildman–Crippen LogP) is 7.93. The highest BCUT2D eigenvalue weighted by molar-refractivity contribution is 6.03. The van der Waals surface area contributed by atoms with Gasteiger partial charge in [0, 0.05) is 40.3 Å². The Morgan fingerprint density at radius 1 is 1.05 bits per heavy atom. The molecular formula is C35H45N3O2. The molecule has 5 heteroatoms. The molecule has 0 N–H and O–H groups in total. The van der Waals surface area contributed by atoms with Gasteiger partial charge in [0.1, 0.15) is 0 Å². The highest BCUT2D eigenvalue weighted by Gasteiger charge is 2.70. The third-order valence-electron chi connectivity index (χ3n) is 13.2. The first-order valence-corrected chi connectivity index (χ1v) is 15.2. The standard InChI is InChI=1S/C35H45N3O2/c1-22(38-17-16-37-21-38)35-14-12-30(2,3)19-23(35)28-25(39)18-27-32(6)20-24(36-9)29(40)31(4,5)26(32)10-11-33(27,7)34(28,8)13-15-35/h16-18,20-21,23,26,28H,1,10-15,19H2,2-8H3/t23?,26-,28?,32-,33+,34+,35+/m0/s1. The number of nitrogens with zero attached hydrogens (tertiary/aromatic N) is 3. The normalized spacial score (nSPS) is 43.2. The van der Waals surface area contributed by atoms with Gasteiger partial charge in [-0.2, -0.15) is 0 Å². The van der Waals surface area contributed by atoms with Crippen LogP contribution in [-0.2, 0) is 9.59 Å². The van der Waals surface area contributed by atoms with E-state index in [0.29, 0.717) is 0 Å². The number of carbonyl (C=O) groups is 2. The summed E-state index contributed by atoms with van der Waals surface area (Å²) in [5, 5.41) is 0. The Bertz CT molecular complexity index is 1420. The summed E-state index contributed by atoms with van der Waals surface area (Å²) in [6.45, 7) is 28.2. The Hall–Kier alpha value is -2.74. The first kappa shape index (κ1) is 27.4. The number of fused-ring (bicyclic) bond motifs is 7. The number of hydrogen-bond donors (Lipinski definition) is 0. The molecule has 0 aliphatic heterocycles. The molecule has 0 amide bonds. The van der Waals surface area contributed by atoms with Crippen LogP contribution in [0.15, 0.2) is 48.7 Å². The van der Waals surface area contributed by atoms with E-state index in [1.54, 1.807) is 0 Å². The summed E-state index contributed by atoms with van der Waals surface area (Å²) in [4.78, 5) is 36.0. The van der Waals surface area contributed by atoms with Crippen molar-refractivity contribution in [3.8, 4) is 0 Å². The van der Waals surface area contributed by atoms with Crippen molar-refractivity contribution in [3.63, 3.8) is 0 Å². The summed E-state index contributed by atoms with van der Waals surface area (Å²) < 4.78 is 2.09. The first-order chi connectivity index (χ1) is 18.6. The van der Waals surface area contributed by atoms with Crippen molar-refractivity contribution < 1.29 is 9.59 Å². The molecule has 212 valence electrons. The molecule has 5 aliphatic carbocycles. The van der Waals surface area contributed by atoms with Crippen LogP contribution in [0.25, 0.3) is 10.5 Å². The van der Waals surface area contributed by atoms with E-state index in [9.17, 15) is 9.59 Å². The molecule has 6 rings (SSSR count). The van der Waals surface area contributed by atoms with Gasteiger partial charge in [0.15, 0.2) is 11.6 Å². The zero-order valence-corrected chi connectivity index (χ0v) is 25.4. The van der Waals surface area contributed by atoms with E-state index in [1.165, 1.54) is 0 Å². The first-order valence-electron chi connectivity index (χ1n) is 15.2. The molecule has 3 fully saturated rings. The summed E-state index contributed by atoms with van der Waals surface area (Å²) in [6.07, 6.45) is 16.7. The van der Waals surface area contributed by atoms with Crippen molar-refractivity contribution in [2.75, 3.05) is 0 Å². The number of imidazole rings is 1. The molecule has 1 heterocycles. The Balaban J connectivity index is 1.53. The van der Waals surface area contributed by atoms with Gasteiger partial charge in [-0.25, -0.2) is 9.83 Å². The molecule has 1 aromatic heterocycles. The summed E-state index contributed by atoms with van der Waals surface area (Å²) in [6, 6.07) is 0. The number of hydrogen-bond acceptors (Lipinski definition) is 3. The number of Topliss-reactive ketones (excluding diaryl/α,β-unsaturated/α-hetero) is 1. The quantitative estimate of drug-likeness (QED) is 0.359. The van der Waals surface area contributed by atoms with Gasteiger partial charge in [0.25, 0.3) is 0 Å². The van der Waals surface area contributed by atoms with Crippen LogP contribution in [0.2, 0.25) is 0 Å². The molecule has 0 bridgehead atoms. The van der Waals surface area contributed by atoms with Gasteiger partial charge in [-0.3, -0.25) is 4.79 Å². The minimum atomic E-state index is -0.635. The van der Waals surface area contributed by atoms with Crippen molar-refractivity contribution in [3.05, 3.63) is 60.1 Å². The van der Waals surface area contributed by atoms with Crippen LogP contribution in [0.4, 0.5) is 0 Å². The lowest BCUT2D eigenvalue weighted by molar-refractivity contribution is -0.163. The smallest absolute Gasteiger partial charge is 0.226 e. The lowest BCUT2D eigenvalue weighted by atomic mass is 9.34. The largest absolute Gasteiger partial charge is 0.310 e. The van der Waals surface area contributed by atoms with Crippen LogP contribution in [0, 0.1) is 56.8 Å².